The number of carbonyl (C=O) groups is 1. The van der Waals surface area contributed by atoms with Crippen molar-refractivity contribution in [1.29, 1.82) is 0 Å². The number of hydrogen-bond acceptors (Lipinski definition) is 7. The van der Waals surface area contributed by atoms with Gasteiger partial charge in [-0.3, -0.25) is 0 Å². The maximum absolute atomic E-state index is 12.2. The number of carbonyl (C=O) groups excluding carboxylic acids is 1. The van der Waals surface area contributed by atoms with E-state index in [2.05, 4.69) is 15.1 Å². The molecule has 0 fully saturated rings. The van der Waals surface area contributed by atoms with E-state index >= 15 is 0 Å². The molecule has 0 aliphatic rings. The van der Waals surface area contributed by atoms with Gasteiger partial charge in [0.05, 0.1) is 25.7 Å². The molecular weight excluding hydrogens is 336 g/mol. The summed E-state index contributed by atoms with van der Waals surface area (Å²) in [6.07, 6.45) is 0. The number of benzene rings is 1. The van der Waals surface area contributed by atoms with E-state index in [0.717, 1.165) is 11.1 Å². The predicted octanol–water partition coefficient (Wildman–Crippen LogP) is 2.21. The number of hydrogen-bond donors (Lipinski definition) is 1. The molecule has 138 valence electrons. The van der Waals surface area contributed by atoms with Crippen molar-refractivity contribution in [3.8, 4) is 11.8 Å². The molecule has 0 amide bonds. The van der Waals surface area contributed by atoms with Crippen molar-refractivity contribution in [3.05, 3.63) is 47.3 Å². The fourth-order valence-electron chi connectivity index (χ4n) is 2.36. The van der Waals surface area contributed by atoms with E-state index in [1.807, 2.05) is 45.0 Å². The maximum Gasteiger partial charge on any atom is 0.403 e. The Morgan fingerprint density at radius 1 is 1.12 bits per heavy atom. The highest BCUT2D eigenvalue weighted by molar-refractivity contribution is 5.92. The minimum atomic E-state index is -0.870. The summed E-state index contributed by atoms with van der Waals surface area (Å²) in [6.45, 7) is 5.77. The van der Waals surface area contributed by atoms with Gasteiger partial charge in [0.1, 0.15) is 5.84 Å². The van der Waals surface area contributed by atoms with Crippen LogP contribution in [-0.2, 0) is 10.3 Å². The molecule has 1 heterocycles. The maximum atomic E-state index is 12.2. The molecule has 0 bridgehead atoms. The van der Waals surface area contributed by atoms with E-state index in [1.165, 1.54) is 20.3 Å². The summed E-state index contributed by atoms with van der Waals surface area (Å²) in [5.74, 6) is -0.630. The third kappa shape index (κ3) is 4.08. The van der Waals surface area contributed by atoms with E-state index < -0.39 is 11.4 Å². The molecule has 8 nitrogen and oxygen atoms in total. The summed E-state index contributed by atoms with van der Waals surface area (Å²) in [7, 11) is 2.83. The van der Waals surface area contributed by atoms with Crippen LogP contribution < -0.4 is 15.2 Å². The summed E-state index contributed by atoms with van der Waals surface area (Å²) in [6, 6.07) is 9.23. The molecule has 26 heavy (non-hydrogen) atoms. The van der Waals surface area contributed by atoms with E-state index in [-0.39, 0.29) is 23.4 Å². The summed E-state index contributed by atoms with van der Waals surface area (Å²) in [4.78, 5) is 24.9. The number of amidine groups is 1. The van der Waals surface area contributed by atoms with E-state index in [4.69, 9.17) is 20.0 Å². The number of aryl methyl sites for hydroxylation is 1. The van der Waals surface area contributed by atoms with Crippen LogP contribution in [0.1, 0.15) is 35.6 Å². The number of nitrogens with two attached hydrogens (primary N) is 1. The van der Waals surface area contributed by atoms with Crippen LogP contribution in [0.4, 0.5) is 0 Å². The van der Waals surface area contributed by atoms with Gasteiger partial charge >= 0.3 is 5.97 Å². The molecule has 0 atom stereocenters. The average Bonchev–Trinajstić information content (AvgIpc) is 2.65. The molecular formula is C18H22N4O4. The Balaban J connectivity index is 2.23. The second-order valence-corrected chi connectivity index (χ2v) is 6.07. The number of rotatable bonds is 6. The fourth-order valence-corrected chi connectivity index (χ4v) is 2.36. The molecule has 2 rings (SSSR count). The van der Waals surface area contributed by atoms with Crippen LogP contribution in [0.25, 0.3) is 0 Å². The highest BCUT2D eigenvalue weighted by atomic mass is 16.7. The lowest BCUT2D eigenvalue weighted by molar-refractivity contribution is 0.0496. The first kappa shape index (κ1) is 19.2. The van der Waals surface area contributed by atoms with Crippen LogP contribution >= 0.6 is 0 Å². The Kier molecular flexibility index (Phi) is 5.76. The number of ether oxygens (including phenoxy) is 2. The van der Waals surface area contributed by atoms with Crippen molar-refractivity contribution in [2.24, 2.45) is 10.9 Å². The molecule has 1 aromatic carbocycles. The van der Waals surface area contributed by atoms with Gasteiger partial charge in [0, 0.05) is 0 Å². The summed E-state index contributed by atoms with van der Waals surface area (Å²) < 4.78 is 10.00. The first-order chi connectivity index (χ1) is 12.3. The van der Waals surface area contributed by atoms with Crippen LogP contribution in [0.3, 0.4) is 0 Å². The lowest BCUT2D eigenvalue weighted by Crippen LogP contribution is -2.37. The van der Waals surface area contributed by atoms with Crippen molar-refractivity contribution in [2.45, 2.75) is 26.2 Å². The quantitative estimate of drug-likeness (QED) is 0.365. The van der Waals surface area contributed by atoms with Gasteiger partial charge in [-0.25, -0.2) is 4.79 Å². The van der Waals surface area contributed by atoms with Crippen molar-refractivity contribution in [3.63, 3.8) is 0 Å². The number of oxime groups is 1. The standard InChI is InChI=1S/C18H22N4O4/c1-11-8-6-7-9-12(11)18(2,3)17(19)22-26-16(23)15-20-13(24-4)10-14(21-15)25-5/h6-10H,1-5H3,(H2,19,22). The number of nitrogens with zero attached hydrogens (tertiary/aromatic N) is 3. The van der Waals surface area contributed by atoms with Crippen molar-refractivity contribution in [2.75, 3.05) is 14.2 Å². The lowest BCUT2D eigenvalue weighted by Gasteiger charge is -2.25. The minimum absolute atomic E-state index is 0.148. The van der Waals surface area contributed by atoms with Crippen LogP contribution in [0.15, 0.2) is 35.5 Å². The van der Waals surface area contributed by atoms with Crippen molar-refractivity contribution >= 4 is 11.8 Å². The number of aromatic nitrogens is 2. The molecule has 8 heteroatoms. The second-order valence-electron chi connectivity index (χ2n) is 6.07. The molecule has 0 saturated carbocycles. The van der Waals surface area contributed by atoms with Gasteiger partial charge in [0.25, 0.3) is 0 Å². The zero-order valence-corrected chi connectivity index (χ0v) is 15.4. The summed E-state index contributed by atoms with van der Waals surface area (Å²) >= 11 is 0. The van der Waals surface area contributed by atoms with Crippen molar-refractivity contribution in [1.82, 2.24) is 9.97 Å². The van der Waals surface area contributed by atoms with Gasteiger partial charge in [0.15, 0.2) is 0 Å². The van der Waals surface area contributed by atoms with Gasteiger partial charge in [-0.1, -0.05) is 29.4 Å². The monoisotopic (exact) mass is 358 g/mol. The fraction of sp³-hybridized carbons (Fsp3) is 0.333. The minimum Gasteiger partial charge on any atom is -0.481 e. The summed E-state index contributed by atoms with van der Waals surface area (Å²) in [5.41, 5.74) is 7.49. The molecule has 1 aromatic heterocycles. The Morgan fingerprint density at radius 3 is 2.23 bits per heavy atom. The van der Waals surface area contributed by atoms with Gasteiger partial charge < -0.3 is 20.0 Å². The lowest BCUT2D eigenvalue weighted by atomic mass is 9.81. The Bertz CT molecular complexity index is 811. The smallest absolute Gasteiger partial charge is 0.403 e. The second kappa shape index (κ2) is 7.81. The topological polar surface area (TPSA) is 109 Å². The SMILES string of the molecule is COc1cc(OC)nc(C(=O)O/N=C(\N)C(C)(C)c2ccccc2C)n1. The summed E-state index contributed by atoms with van der Waals surface area (Å²) in [5, 5.41) is 3.78. The predicted molar refractivity (Wildman–Crippen MR) is 96.4 cm³/mol. The number of methoxy groups -OCH3 is 2. The van der Waals surface area contributed by atoms with E-state index in [0.29, 0.717) is 0 Å². The molecule has 0 spiro atoms. The van der Waals surface area contributed by atoms with E-state index in [9.17, 15) is 4.79 Å². The highest BCUT2D eigenvalue weighted by Gasteiger charge is 2.28. The van der Waals surface area contributed by atoms with Crippen LogP contribution in [0.2, 0.25) is 0 Å². The zero-order chi connectivity index (χ0) is 19.3. The molecule has 0 saturated heterocycles. The molecule has 0 unspecified atom stereocenters. The van der Waals surface area contributed by atoms with Crippen LogP contribution in [-0.4, -0.2) is 36.0 Å². The van der Waals surface area contributed by atoms with Crippen LogP contribution in [0, 0.1) is 6.92 Å². The molecule has 2 aromatic rings. The molecule has 0 radical (unpaired) electrons. The van der Waals surface area contributed by atoms with Gasteiger partial charge in [-0.15, -0.1) is 0 Å². The Morgan fingerprint density at radius 2 is 1.69 bits per heavy atom. The highest BCUT2D eigenvalue weighted by Crippen LogP contribution is 2.26. The average molecular weight is 358 g/mol. The first-order valence-electron chi connectivity index (χ1n) is 7.88. The Hall–Kier alpha value is -3.16. The van der Waals surface area contributed by atoms with Gasteiger partial charge in [-0.2, -0.15) is 9.97 Å². The van der Waals surface area contributed by atoms with Gasteiger partial charge in [-0.05, 0) is 31.9 Å². The Labute approximate surface area is 152 Å². The van der Waals surface area contributed by atoms with Gasteiger partial charge in [0.2, 0.25) is 17.6 Å². The first-order valence-corrected chi connectivity index (χ1v) is 7.88. The largest absolute Gasteiger partial charge is 0.481 e. The molecule has 0 aliphatic heterocycles. The molecule has 0 aliphatic carbocycles. The molecule has 2 N–H and O–H groups in total. The van der Waals surface area contributed by atoms with Crippen LogP contribution in [0.5, 0.6) is 11.8 Å². The third-order valence-corrected chi connectivity index (χ3v) is 3.97. The van der Waals surface area contributed by atoms with E-state index in [1.54, 1.807) is 0 Å². The zero-order valence-electron chi connectivity index (χ0n) is 15.4. The third-order valence-electron chi connectivity index (χ3n) is 3.97. The normalized spacial score (nSPS) is 11.8. The van der Waals surface area contributed by atoms with Crippen molar-refractivity contribution < 1.29 is 19.1 Å².